The molecule has 0 aliphatic carbocycles. The van der Waals surface area contributed by atoms with Crippen molar-refractivity contribution in [3.63, 3.8) is 0 Å². The molecule has 0 saturated carbocycles. The first kappa shape index (κ1) is 11.3. The number of hydrogen-bond donors (Lipinski definition) is 1. The van der Waals surface area contributed by atoms with Gasteiger partial charge in [0.05, 0.1) is 17.7 Å². The van der Waals surface area contributed by atoms with Gasteiger partial charge in [-0.3, -0.25) is 4.79 Å². The van der Waals surface area contributed by atoms with Crippen LogP contribution in [0.25, 0.3) is 0 Å². The van der Waals surface area contributed by atoms with E-state index in [2.05, 4.69) is 9.98 Å². The lowest BCUT2D eigenvalue weighted by molar-refractivity contribution is 0.1000. The van der Waals surface area contributed by atoms with Crippen molar-refractivity contribution in [1.29, 1.82) is 10.5 Å². The Kier molecular flexibility index (Phi) is 3.71. The molecule has 0 spiro atoms. The first-order valence-electron chi connectivity index (χ1n) is 4.26. The van der Waals surface area contributed by atoms with Crippen LogP contribution in [0, 0.1) is 28.6 Å². The van der Waals surface area contributed by atoms with Crippen LogP contribution in [-0.2, 0) is 0 Å². The Morgan fingerprint density at radius 3 is 2.62 bits per heavy atom. The molecule has 0 saturated heterocycles. The van der Waals surface area contributed by atoms with Gasteiger partial charge < -0.3 is 5.73 Å². The second kappa shape index (κ2) is 5.23. The van der Waals surface area contributed by atoms with Crippen LogP contribution < -0.4 is 5.73 Å². The highest BCUT2D eigenvalue weighted by molar-refractivity contribution is 5.92. The summed E-state index contributed by atoms with van der Waals surface area (Å²) in [6.45, 7) is 0. The number of nitriles is 2. The summed E-state index contributed by atoms with van der Waals surface area (Å²) in [5, 5.41) is 17.0. The van der Waals surface area contributed by atoms with Gasteiger partial charge in [0.1, 0.15) is 0 Å². The molecule has 6 nitrogen and oxygen atoms in total. The van der Waals surface area contributed by atoms with Crippen molar-refractivity contribution in [2.24, 2.45) is 16.6 Å². The van der Waals surface area contributed by atoms with Crippen LogP contribution in [-0.4, -0.2) is 17.1 Å². The SMILES string of the molecule is N#CC(C#N)C=Nc1ccc(C(N)=O)cn1. The second-order valence-corrected chi connectivity index (χ2v) is 2.78. The fourth-order valence-corrected chi connectivity index (χ4v) is 0.855. The van der Waals surface area contributed by atoms with Crippen molar-refractivity contribution in [2.45, 2.75) is 0 Å². The van der Waals surface area contributed by atoms with Crippen molar-refractivity contribution < 1.29 is 4.79 Å². The zero-order valence-electron chi connectivity index (χ0n) is 8.16. The van der Waals surface area contributed by atoms with Crippen molar-refractivity contribution in [1.82, 2.24) is 4.98 Å². The van der Waals surface area contributed by atoms with Gasteiger partial charge in [-0.25, -0.2) is 9.98 Å². The predicted molar refractivity (Wildman–Crippen MR) is 55.6 cm³/mol. The number of aromatic nitrogens is 1. The minimum absolute atomic E-state index is 0.274. The number of amides is 1. The van der Waals surface area contributed by atoms with Gasteiger partial charge in [0.2, 0.25) is 5.91 Å². The maximum Gasteiger partial charge on any atom is 0.250 e. The first-order chi connectivity index (χ1) is 7.67. The van der Waals surface area contributed by atoms with Gasteiger partial charge in [0, 0.05) is 12.4 Å². The van der Waals surface area contributed by atoms with Gasteiger partial charge in [-0.05, 0) is 12.1 Å². The molecule has 1 aromatic heterocycles. The predicted octanol–water partition coefficient (Wildman–Crippen LogP) is 0.546. The van der Waals surface area contributed by atoms with E-state index < -0.39 is 11.8 Å². The van der Waals surface area contributed by atoms with Gasteiger partial charge >= 0.3 is 0 Å². The number of hydrogen-bond acceptors (Lipinski definition) is 5. The van der Waals surface area contributed by atoms with Crippen LogP contribution >= 0.6 is 0 Å². The third-order valence-electron chi connectivity index (χ3n) is 1.67. The molecule has 0 unspecified atom stereocenters. The van der Waals surface area contributed by atoms with E-state index in [1.807, 2.05) is 0 Å². The van der Waals surface area contributed by atoms with Gasteiger partial charge in [-0.2, -0.15) is 10.5 Å². The number of carbonyl (C=O) groups is 1. The normalized spacial score (nSPS) is 9.94. The molecule has 2 N–H and O–H groups in total. The number of nitrogens with zero attached hydrogens (tertiary/aromatic N) is 4. The molecule has 0 bridgehead atoms. The maximum atomic E-state index is 10.7. The summed E-state index contributed by atoms with van der Waals surface area (Å²) < 4.78 is 0. The van der Waals surface area contributed by atoms with Crippen LogP contribution in [0.4, 0.5) is 5.82 Å². The average molecular weight is 213 g/mol. The van der Waals surface area contributed by atoms with Crippen LogP contribution in [0.5, 0.6) is 0 Å². The summed E-state index contributed by atoms with van der Waals surface area (Å²) in [7, 11) is 0. The van der Waals surface area contributed by atoms with Crippen molar-refractivity contribution >= 4 is 17.9 Å². The molecule has 0 radical (unpaired) electrons. The van der Waals surface area contributed by atoms with Gasteiger partial charge in [0.15, 0.2) is 11.7 Å². The van der Waals surface area contributed by atoms with Crippen molar-refractivity contribution in [2.75, 3.05) is 0 Å². The summed E-state index contributed by atoms with van der Waals surface area (Å²) in [6, 6.07) is 6.42. The minimum atomic E-state index is -0.905. The lowest BCUT2D eigenvalue weighted by Crippen LogP contribution is -2.10. The quantitative estimate of drug-likeness (QED) is 0.737. The number of nitrogens with two attached hydrogens (primary N) is 1. The summed E-state index contributed by atoms with van der Waals surface area (Å²) in [6.07, 6.45) is 2.47. The van der Waals surface area contributed by atoms with Crippen molar-refractivity contribution in [3.05, 3.63) is 23.9 Å². The third kappa shape index (κ3) is 2.89. The Labute approximate surface area is 91.7 Å². The number of aliphatic imine (C=N–C) groups is 1. The Morgan fingerprint density at radius 1 is 1.50 bits per heavy atom. The van der Waals surface area contributed by atoms with Gasteiger partial charge in [-0.1, -0.05) is 0 Å². The van der Waals surface area contributed by atoms with E-state index in [0.29, 0.717) is 5.82 Å². The zero-order valence-corrected chi connectivity index (χ0v) is 8.16. The zero-order chi connectivity index (χ0) is 12.0. The van der Waals surface area contributed by atoms with E-state index in [1.54, 1.807) is 12.1 Å². The van der Waals surface area contributed by atoms with E-state index in [4.69, 9.17) is 16.3 Å². The van der Waals surface area contributed by atoms with Crippen LogP contribution in [0.1, 0.15) is 10.4 Å². The molecular formula is C10H7N5O. The average Bonchev–Trinajstić information content (AvgIpc) is 2.31. The maximum absolute atomic E-state index is 10.7. The van der Waals surface area contributed by atoms with Crippen LogP contribution in [0.2, 0.25) is 0 Å². The lowest BCUT2D eigenvalue weighted by atomic mass is 10.2. The topological polar surface area (TPSA) is 116 Å². The molecule has 6 heteroatoms. The molecule has 0 aliphatic rings. The molecule has 0 fully saturated rings. The largest absolute Gasteiger partial charge is 0.366 e. The molecule has 16 heavy (non-hydrogen) atoms. The highest BCUT2D eigenvalue weighted by atomic mass is 16.1. The molecule has 1 amide bonds. The summed E-state index contributed by atoms with van der Waals surface area (Å²) in [4.78, 5) is 18.4. The third-order valence-corrected chi connectivity index (χ3v) is 1.67. The summed E-state index contributed by atoms with van der Waals surface area (Å²) in [5.41, 5.74) is 5.30. The molecule has 0 aromatic carbocycles. The van der Waals surface area contributed by atoms with Crippen LogP contribution in [0.3, 0.4) is 0 Å². The van der Waals surface area contributed by atoms with E-state index in [0.717, 1.165) is 0 Å². The Morgan fingerprint density at radius 2 is 2.19 bits per heavy atom. The van der Waals surface area contributed by atoms with E-state index in [9.17, 15) is 4.79 Å². The fourth-order valence-electron chi connectivity index (χ4n) is 0.855. The Hall–Kier alpha value is -2.73. The van der Waals surface area contributed by atoms with Gasteiger partial charge in [-0.15, -0.1) is 0 Å². The summed E-state index contributed by atoms with van der Waals surface area (Å²) >= 11 is 0. The molecule has 1 aromatic rings. The lowest BCUT2D eigenvalue weighted by Gasteiger charge is -1.95. The summed E-state index contributed by atoms with van der Waals surface area (Å²) in [5.74, 6) is -1.17. The first-order valence-corrected chi connectivity index (χ1v) is 4.26. The van der Waals surface area contributed by atoms with Crippen molar-refractivity contribution in [3.8, 4) is 12.1 Å². The van der Waals surface area contributed by atoms with E-state index >= 15 is 0 Å². The highest BCUT2D eigenvalue weighted by Crippen LogP contribution is 2.08. The van der Waals surface area contributed by atoms with Crippen LogP contribution in [0.15, 0.2) is 23.3 Å². The monoisotopic (exact) mass is 213 g/mol. The molecular weight excluding hydrogens is 206 g/mol. The second-order valence-electron chi connectivity index (χ2n) is 2.78. The molecule has 0 atom stereocenters. The van der Waals surface area contributed by atoms with E-state index in [1.165, 1.54) is 24.5 Å². The number of rotatable bonds is 3. The molecule has 78 valence electrons. The number of carbonyl (C=O) groups excluding carboxylic acids is 1. The molecule has 0 aliphatic heterocycles. The number of pyridine rings is 1. The fraction of sp³-hybridized carbons (Fsp3) is 0.100. The standard InChI is InChI=1S/C10H7N5O/c11-3-7(4-12)5-14-9-2-1-8(6-15-9)10(13)16/h1-2,5-7H,(H2,13,16). The number of primary amides is 1. The smallest absolute Gasteiger partial charge is 0.250 e. The molecule has 1 rings (SSSR count). The Bertz CT molecular complexity index is 477. The van der Waals surface area contributed by atoms with E-state index in [-0.39, 0.29) is 5.56 Å². The van der Waals surface area contributed by atoms with Gasteiger partial charge in [0.25, 0.3) is 0 Å². The Balaban J connectivity index is 2.81. The minimum Gasteiger partial charge on any atom is -0.366 e. The molecule has 1 heterocycles. The highest BCUT2D eigenvalue weighted by Gasteiger charge is 2.01.